The molecule has 0 aromatic heterocycles. The normalized spacial score (nSPS) is 15.2. The summed E-state index contributed by atoms with van der Waals surface area (Å²) in [5, 5.41) is 10.0. The van der Waals surface area contributed by atoms with Gasteiger partial charge < -0.3 is 14.9 Å². The third-order valence-electron chi connectivity index (χ3n) is 4.08. The van der Waals surface area contributed by atoms with E-state index < -0.39 is 5.60 Å². The first-order valence-electron chi connectivity index (χ1n) is 8.19. The third kappa shape index (κ3) is 4.01. The summed E-state index contributed by atoms with van der Waals surface area (Å²) in [6.07, 6.45) is 2.37. The van der Waals surface area contributed by atoms with Crippen molar-refractivity contribution in [2.45, 2.75) is 46.1 Å². The lowest BCUT2D eigenvalue weighted by atomic mass is 10.0. The Balaban J connectivity index is 2.32. The molecule has 1 aromatic carbocycles. The minimum absolute atomic E-state index is 0.00947. The fraction of sp³-hybridized carbons (Fsp3) is 0.611. The van der Waals surface area contributed by atoms with E-state index in [1.165, 1.54) is 12.8 Å². The molecule has 0 aliphatic carbocycles. The lowest BCUT2D eigenvalue weighted by Gasteiger charge is -2.30. The predicted molar refractivity (Wildman–Crippen MR) is 90.5 cm³/mol. The van der Waals surface area contributed by atoms with E-state index >= 15 is 0 Å². The van der Waals surface area contributed by atoms with Gasteiger partial charge in [0.15, 0.2) is 0 Å². The van der Waals surface area contributed by atoms with Crippen molar-refractivity contribution in [1.82, 2.24) is 4.90 Å². The van der Waals surface area contributed by atoms with Crippen molar-refractivity contribution in [2.24, 2.45) is 0 Å². The number of aryl methyl sites for hydroxylation is 1. The summed E-state index contributed by atoms with van der Waals surface area (Å²) in [5.74, 6) is 0.00947. The van der Waals surface area contributed by atoms with Gasteiger partial charge in [-0.25, -0.2) is 0 Å². The Morgan fingerprint density at radius 1 is 1.32 bits per heavy atom. The minimum atomic E-state index is -0.886. The fourth-order valence-corrected chi connectivity index (χ4v) is 3.02. The van der Waals surface area contributed by atoms with E-state index in [0.717, 1.165) is 29.9 Å². The molecule has 0 atom stereocenters. The quantitative estimate of drug-likeness (QED) is 0.909. The summed E-state index contributed by atoms with van der Waals surface area (Å²) >= 11 is 0. The number of hydrogen-bond donors (Lipinski definition) is 1. The largest absolute Gasteiger partial charge is 0.389 e. The number of likely N-dealkylation sites (N-methyl/N-ethyl adjacent to an activating group) is 1. The van der Waals surface area contributed by atoms with E-state index in [-0.39, 0.29) is 5.91 Å². The molecule has 0 bridgehead atoms. The van der Waals surface area contributed by atoms with E-state index in [4.69, 9.17) is 0 Å². The highest BCUT2D eigenvalue weighted by Gasteiger charge is 2.26. The zero-order valence-electron chi connectivity index (χ0n) is 14.2. The Hall–Kier alpha value is -1.55. The maximum atomic E-state index is 13.0. The van der Waals surface area contributed by atoms with Crippen LogP contribution in [-0.4, -0.2) is 47.7 Å². The molecule has 0 unspecified atom stereocenters. The first-order chi connectivity index (χ1) is 10.3. The average Bonchev–Trinajstić information content (AvgIpc) is 2.97. The zero-order valence-corrected chi connectivity index (χ0v) is 14.2. The van der Waals surface area contributed by atoms with Crippen molar-refractivity contribution in [1.29, 1.82) is 0 Å². The lowest BCUT2D eigenvalue weighted by Crippen LogP contribution is -2.42. The van der Waals surface area contributed by atoms with Crippen molar-refractivity contribution >= 4 is 11.6 Å². The van der Waals surface area contributed by atoms with Gasteiger partial charge in [-0.3, -0.25) is 4.79 Å². The maximum absolute atomic E-state index is 13.0. The van der Waals surface area contributed by atoms with Crippen molar-refractivity contribution in [3.63, 3.8) is 0 Å². The van der Waals surface area contributed by atoms with Crippen LogP contribution in [0.4, 0.5) is 5.69 Å². The molecule has 1 amide bonds. The van der Waals surface area contributed by atoms with Crippen molar-refractivity contribution in [2.75, 3.05) is 31.1 Å². The van der Waals surface area contributed by atoms with Gasteiger partial charge >= 0.3 is 0 Å². The lowest BCUT2D eigenvalue weighted by molar-refractivity contribution is 0.0315. The van der Waals surface area contributed by atoms with Gasteiger partial charge in [-0.15, -0.1) is 0 Å². The molecule has 4 heteroatoms. The van der Waals surface area contributed by atoms with Gasteiger partial charge in [0.1, 0.15) is 0 Å². The van der Waals surface area contributed by atoms with E-state index in [2.05, 4.69) is 17.0 Å². The second-order valence-corrected chi connectivity index (χ2v) is 6.85. The Kier molecular flexibility index (Phi) is 5.12. The van der Waals surface area contributed by atoms with Gasteiger partial charge in [0.25, 0.3) is 5.91 Å². The molecule has 22 heavy (non-hydrogen) atoms. The smallest absolute Gasteiger partial charge is 0.256 e. The highest BCUT2D eigenvalue weighted by Crippen LogP contribution is 2.27. The number of anilines is 1. The Morgan fingerprint density at radius 2 is 1.95 bits per heavy atom. The van der Waals surface area contributed by atoms with Crippen LogP contribution in [0.2, 0.25) is 0 Å². The molecular formula is C18H28N2O2. The van der Waals surface area contributed by atoms with Gasteiger partial charge in [0, 0.05) is 31.9 Å². The highest BCUT2D eigenvalue weighted by molar-refractivity contribution is 6.00. The van der Waals surface area contributed by atoms with E-state index in [1.807, 2.05) is 19.9 Å². The molecule has 0 radical (unpaired) electrons. The van der Waals surface area contributed by atoms with Crippen LogP contribution in [0.1, 0.15) is 49.5 Å². The first kappa shape index (κ1) is 16.8. The number of nitrogens with zero attached hydrogens (tertiary/aromatic N) is 2. The van der Waals surface area contributed by atoms with E-state index in [9.17, 15) is 9.90 Å². The minimum Gasteiger partial charge on any atom is -0.389 e. The van der Waals surface area contributed by atoms with Gasteiger partial charge in [-0.1, -0.05) is 11.6 Å². The summed E-state index contributed by atoms with van der Waals surface area (Å²) in [6.45, 7) is 10.4. The molecule has 1 heterocycles. The monoisotopic (exact) mass is 304 g/mol. The molecule has 1 aliphatic heterocycles. The van der Waals surface area contributed by atoms with E-state index in [1.54, 1.807) is 18.7 Å². The Bertz CT molecular complexity index is 528. The number of hydrogen-bond acceptors (Lipinski definition) is 3. The van der Waals surface area contributed by atoms with Crippen LogP contribution in [0.25, 0.3) is 0 Å². The average molecular weight is 304 g/mol. The first-order valence-corrected chi connectivity index (χ1v) is 8.19. The van der Waals surface area contributed by atoms with Crippen LogP contribution >= 0.6 is 0 Å². The standard InChI is InChI=1S/C18H28N2O2/c1-5-19(13-18(3,4)22)17(21)15-12-14(2)8-9-16(15)20-10-6-7-11-20/h8-9,12,22H,5-7,10-11,13H2,1-4H3. The number of benzene rings is 1. The molecule has 1 aromatic rings. The molecule has 1 saturated heterocycles. The number of amides is 1. The van der Waals surface area contributed by atoms with Gasteiger partial charge in [-0.2, -0.15) is 0 Å². The van der Waals surface area contributed by atoms with Crippen LogP contribution in [0.3, 0.4) is 0 Å². The topological polar surface area (TPSA) is 43.8 Å². The number of carbonyl (C=O) groups is 1. The summed E-state index contributed by atoms with van der Waals surface area (Å²) < 4.78 is 0. The molecule has 0 saturated carbocycles. The van der Waals surface area contributed by atoms with Crippen molar-refractivity contribution < 1.29 is 9.90 Å². The maximum Gasteiger partial charge on any atom is 0.256 e. The van der Waals surface area contributed by atoms with Crippen molar-refractivity contribution in [3.05, 3.63) is 29.3 Å². The third-order valence-corrected chi connectivity index (χ3v) is 4.08. The Morgan fingerprint density at radius 3 is 2.50 bits per heavy atom. The summed E-state index contributed by atoms with van der Waals surface area (Å²) in [5.41, 5.74) is 1.99. The molecule has 2 rings (SSSR count). The number of carbonyl (C=O) groups excluding carboxylic acids is 1. The van der Waals surface area contributed by atoms with Crippen LogP contribution in [0.5, 0.6) is 0 Å². The van der Waals surface area contributed by atoms with Crippen LogP contribution in [0.15, 0.2) is 18.2 Å². The highest BCUT2D eigenvalue weighted by atomic mass is 16.3. The molecule has 122 valence electrons. The second kappa shape index (κ2) is 6.69. The van der Waals surface area contributed by atoms with Gasteiger partial charge in [-0.05, 0) is 52.7 Å². The molecular weight excluding hydrogens is 276 g/mol. The SMILES string of the molecule is CCN(CC(C)(C)O)C(=O)c1cc(C)ccc1N1CCCC1. The second-order valence-electron chi connectivity index (χ2n) is 6.85. The van der Waals surface area contributed by atoms with Gasteiger partial charge in [0.05, 0.1) is 11.2 Å². The fourth-order valence-electron chi connectivity index (χ4n) is 3.02. The Labute approximate surface area is 133 Å². The summed E-state index contributed by atoms with van der Waals surface area (Å²) in [4.78, 5) is 17.0. The van der Waals surface area contributed by atoms with Gasteiger partial charge in [0.2, 0.25) is 0 Å². The van der Waals surface area contributed by atoms with Crippen molar-refractivity contribution in [3.8, 4) is 0 Å². The zero-order chi connectivity index (χ0) is 16.3. The molecule has 0 spiro atoms. The molecule has 4 nitrogen and oxygen atoms in total. The molecule has 1 N–H and O–H groups in total. The molecule has 1 fully saturated rings. The summed E-state index contributed by atoms with van der Waals surface area (Å²) in [6, 6.07) is 6.10. The van der Waals surface area contributed by atoms with Crippen LogP contribution < -0.4 is 4.90 Å². The number of rotatable bonds is 5. The number of aliphatic hydroxyl groups is 1. The molecule has 1 aliphatic rings. The van der Waals surface area contributed by atoms with E-state index in [0.29, 0.717) is 13.1 Å². The van der Waals surface area contributed by atoms with Crippen LogP contribution in [0, 0.1) is 6.92 Å². The summed E-state index contributed by atoms with van der Waals surface area (Å²) in [7, 11) is 0. The van der Waals surface area contributed by atoms with Crippen LogP contribution in [-0.2, 0) is 0 Å². The predicted octanol–water partition coefficient (Wildman–Crippen LogP) is 2.83.